The first kappa shape index (κ1) is 13.5. The Morgan fingerprint density at radius 2 is 2.00 bits per heavy atom. The monoisotopic (exact) mass is 261 g/mol. The van der Waals surface area contributed by atoms with Crippen molar-refractivity contribution in [3.8, 4) is 0 Å². The minimum atomic E-state index is -0.0175. The Hall–Kier alpha value is -1.91. The van der Waals surface area contributed by atoms with Crippen LogP contribution in [0.15, 0.2) is 18.5 Å². The van der Waals surface area contributed by atoms with Gasteiger partial charge in [-0.25, -0.2) is 0 Å². The minimum Gasteiger partial charge on any atom is -0.343 e. The molecule has 2 rings (SSSR count). The lowest BCUT2D eigenvalue weighted by Gasteiger charge is -2.30. The first-order chi connectivity index (χ1) is 9.06. The Bertz CT molecular complexity index is 479. The summed E-state index contributed by atoms with van der Waals surface area (Å²) in [5.74, 6) is 0.0912. The second-order valence-electron chi connectivity index (χ2n) is 5.02. The van der Waals surface area contributed by atoms with Gasteiger partial charge < -0.3 is 10.2 Å². The molecule has 2 heterocycles. The fourth-order valence-corrected chi connectivity index (χ4v) is 2.32. The number of aryl methyl sites for hydroxylation is 1. The van der Waals surface area contributed by atoms with Gasteiger partial charge in [-0.15, -0.1) is 0 Å². The van der Waals surface area contributed by atoms with Crippen molar-refractivity contribution in [1.82, 2.24) is 9.88 Å². The summed E-state index contributed by atoms with van der Waals surface area (Å²) in [7, 11) is 0. The summed E-state index contributed by atoms with van der Waals surface area (Å²) in [6, 6.07) is 1.90. The number of hydrogen-bond acceptors (Lipinski definition) is 3. The van der Waals surface area contributed by atoms with E-state index in [0.29, 0.717) is 13.1 Å². The number of carbonyl (C=O) groups is 2. The van der Waals surface area contributed by atoms with Crippen LogP contribution in [0, 0.1) is 12.8 Å². The molecule has 1 aromatic heterocycles. The molecule has 0 aliphatic carbocycles. The highest BCUT2D eigenvalue weighted by molar-refractivity contribution is 5.92. The molecule has 0 atom stereocenters. The van der Waals surface area contributed by atoms with Crippen LogP contribution < -0.4 is 5.32 Å². The van der Waals surface area contributed by atoms with Crippen molar-refractivity contribution >= 4 is 17.5 Å². The van der Waals surface area contributed by atoms with E-state index in [4.69, 9.17) is 0 Å². The fourth-order valence-electron chi connectivity index (χ4n) is 2.32. The Morgan fingerprint density at radius 3 is 2.58 bits per heavy atom. The topological polar surface area (TPSA) is 62.3 Å². The van der Waals surface area contributed by atoms with Gasteiger partial charge in [-0.05, 0) is 31.4 Å². The Balaban J connectivity index is 1.90. The fraction of sp³-hybridized carbons (Fsp3) is 0.500. The molecule has 1 aromatic rings. The summed E-state index contributed by atoms with van der Waals surface area (Å²) < 4.78 is 0. The smallest absolute Gasteiger partial charge is 0.227 e. The van der Waals surface area contributed by atoms with Crippen LogP contribution in [0.3, 0.4) is 0 Å². The van der Waals surface area contributed by atoms with Gasteiger partial charge in [0.15, 0.2) is 0 Å². The van der Waals surface area contributed by atoms with Crippen LogP contribution in [0.5, 0.6) is 0 Å². The second kappa shape index (κ2) is 5.82. The molecular weight excluding hydrogens is 242 g/mol. The number of rotatable bonds is 2. The van der Waals surface area contributed by atoms with Crippen molar-refractivity contribution in [2.45, 2.75) is 26.7 Å². The highest BCUT2D eigenvalue weighted by atomic mass is 16.2. The predicted octanol–water partition coefficient (Wildman–Crippen LogP) is 1.59. The zero-order valence-corrected chi connectivity index (χ0v) is 11.3. The average molecular weight is 261 g/mol. The maximum atomic E-state index is 12.1. The van der Waals surface area contributed by atoms with Crippen LogP contribution in [0.1, 0.15) is 25.3 Å². The highest BCUT2D eigenvalue weighted by Gasteiger charge is 2.25. The highest BCUT2D eigenvalue weighted by Crippen LogP contribution is 2.19. The molecule has 0 unspecified atom stereocenters. The molecule has 1 aliphatic heterocycles. The number of likely N-dealkylation sites (tertiary alicyclic amines) is 1. The third-order valence-electron chi connectivity index (χ3n) is 3.45. The van der Waals surface area contributed by atoms with Crippen LogP contribution >= 0.6 is 0 Å². The number of piperidine rings is 1. The first-order valence-corrected chi connectivity index (χ1v) is 6.54. The summed E-state index contributed by atoms with van der Waals surface area (Å²) >= 11 is 0. The molecule has 19 heavy (non-hydrogen) atoms. The van der Waals surface area contributed by atoms with Gasteiger partial charge in [0.25, 0.3) is 0 Å². The zero-order chi connectivity index (χ0) is 13.8. The third kappa shape index (κ3) is 3.53. The van der Waals surface area contributed by atoms with E-state index in [1.807, 2.05) is 13.0 Å². The van der Waals surface area contributed by atoms with E-state index in [-0.39, 0.29) is 17.7 Å². The van der Waals surface area contributed by atoms with Crippen molar-refractivity contribution in [1.29, 1.82) is 0 Å². The number of carbonyl (C=O) groups excluding carboxylic acids is 2. The molecular formula is C14H19N3O2. The predicted molar refractivity (Wildman–Crippen MR) is 72.6 cm³/mol. The molecule has 5 heteroatoms. The molecule has 0 saturated carbocycles. The Kier molecular flexibility index (Phi) is 4.14. The van der Waals surface area contributed by atoms with E-state index in [9.17, 15) is 9.59 Å². The van der Waals surface area contributed by atoms with E-state index in [1.165, 1.54) is 0 Å². The molecule has 5 nitrogen and oxygen atoms in total. The van der Waals surface area contributed by atoms with Crippen LogP contribution in [-0.2, 0) is 9.59 Å². The molecule has 102 valence electrons. The maximum Gasteiger partial charge on any atom is 0.227 e. The van der Waals surface area contributed by atoms with Crippen molar-refractivity contribution in [2.24, 2.45) is 5.92 Å². The quantitative estimate of drug-likeness (QED) is 0.879. The maximum absolute atomic E-state index is 12.1. The molecule has 0 radical (unpaired) electrons. The Morgan fingerprint density at radius 1 is 1.32 bits per heavy atom. The van der Waals surface area contributed by atoms with E-state index in [1.54, 1.807) is 24.2 Å². The summed E-state index contributed by atoms with van der Waals surface area (Å²) in [4.78, 5) is 29.2. The SMILES string of the molecule is CC(=O)N1CCC(C(=O)Nc2cncc(C)c2)CC1. The summed E-state index contributed by atoms with van der Waals surface area (Å²) in [5.41, 5.74) is 1.75. The lowest BCUT2D eigenvalue weighted by Crippen LogP contribution is -2.40. The molecule has 1 aliphatic rings. The van der Waals surface area contributed by atoms with Gasteiger partial charge in [-0.3, -0.25) is 14.6 Å². The Labute approximate surface area is 113 Å². The van der Waals surface area contributed by atoms with Crippen molar-refractivity contribution < 1.29 is 9.59 Å². The van der Waals surface area contributed by atoms with E-state index in [2.05, 4.69) is 10.3 Å². The average Bonchev–Trinajstić information content (AvgIpc) is 2.39. The molecule has 0 spiro atoms. The third-order valence-corrected chi connectivity index (χ3v) is 3.45. The lowest BCUT2D eigenvalue weighted by atomic mass is 9.96. The van der Waals surface area contributed by atoms with Gasteiger partial charge in [0.2, 0.25) is 11.8 Å². The number of pyridine rings is 1. The van der Waals surface area contributed by atoms with Crippen LogP contribution in [-0.4, -0.2) is 34.8 Å². The van der Waals surface area contributed by atoms with Gasteiger partial charge in [0.1, 0.15) is 0 Å². The minimum absolute atomic E-state index is 0.0175. The molecule has 2 amide bonds. The van der Waals surface area contributed by atoms with Crippen LogP contribution in [0.4, 0.5) is 5.69 Å². The molecule has 1 N–H and O–H groups in total. The van der Waals surface area contributed by atoms with Gasteiger partial charge in [0, 0.05) is 32.1 Å². The molecule has 1 fully saturated rings. The largest absolute Gasteiger partial charge is 0.343 e. The summed E-state index contributed by atoms with van der Waals surface area (Å²) in [5, 5.41) is 2.89. The normalized spacial score (nSPS) is 16.2. The van der Waals surface area contributed by atoms with Gasteiger partial charge in [0.05, 0.1) is 11.9 Å². The van der Waals surface area contributed by atoms with Crippen molar-refractivity contribution in [3.05, 3.63) is 24.0 Å². The summed E-state index contributed by atoms with van der Waals surface area (Å²) in [6.45, 7) is 4.84. The number of nitrogens with zero attached hydrogens (tertiary/aromatic N) is 2. The second-order valence-corrected chi connectivity index (χ2v) is 5.02. The van der Waals surface area contributed by atoms with E-state index < -0.39 is 0 Å². The van der Waals surface area contributed by atoms with Gasteiger partial charge in [-0.1, -0.05) is 0 Å². The first-order valence-electron chi connectivity index (χ1n) is 6.54. The lowest BCUT2D eigenvalue weighted by molar-refractivity contribution is -0.132. The van der Waals surface area contributed by atoms with E-state index >= 15 is 0 Å². The zero-order valence-electron chi connectivity index (χ0n) is 11.3. The number of amides is 2. The van der Waals surface area contributed by atoms with Crippen molar-refractivity contribution in [2.75, 3.05) is 18.4 Å². The van der Waals surface area contributed by atoms with E-state index in [0.717, 1.165) is 24.1 Å². The van der Waals surface area contributed by atoms with Crippen LogP contribution in [0.2, 0.25) is 0 Å². The molecule has 1 saturated heterocycles. The van der Waals surface area contributed by atoms with Gasteiger partial charge >= 0.3 is 0 Å². The number of aromatic nitrogens is 1. The standard InChI is InChI=1S/C14H19N3O2/c1-10-7-13(9-15-8-10)16-14(19)12-3-5-17(6-4-12)11(2)18/h7-9,12H,3-6H2,1-2H3,(H,16,19). The number of nitrogens with one attached hydrogen (secondary N) is 1. The molecule has 0 bridgehead atoms. The summed E-state index contributed by atoms with van der Waals surface area (Å²) in [6.07, 6.45) is 4.85. The number of anilines is 1. The molecule has 0 aromatic carbocycles. The number of hydrogen-bond donors (Lipinski definition) is 1. The van der Waals surface area contributed by atoms with Crippen molar-refractivity contribution in [3.63, 3.8) is 0 Å². The van der Waals surface area contributed by atoms with Crippen LogP contribution in [0.25, 0.3) is 0 Å². The van der Waals surface area contributed by atoms with Gasteiger partial charge in [-0.2, -0.15) is 0 Å².